The molecule has 0 bridgehead atoms. The average molecular weight is 228 g/mol. The molecule has 0 aromatic heterocycles. The van der Waals surface area contributed by atoms with Crippen molar-refractivity contribution < 1.29 is 14.6 Å². The molecule has 0 heterocycles. The molecule has 0 amide bonds. The van der Waals surface area contributed by atoms with Crippen molar-refractivity contribution in [2.75, 3.05) is 24.3 Å². The highest BCUT2D eigenvalue weighted by atomic mass is 19.1. The van der Waals surface area contributed by atoms with E-state index in [0.29, 0.717) is 12.1 Å². The summed E-state index contributed by atoms with van der Waals surface area (Å²) in [6.07, 6.45) is 0.525. The lowest BCUT2D eigenvalue weighted by molar-refractivity contribution is 0.132. The minimum absolute atomic E-state index is 0.225. The van der Waals surface area contributed by atoms with Crippen LogP contribution in [0.25, 0.3) is 0 Å². The van der Waals surface area contributed by atoms with Crippen LogP contribution in [0.3, 0.4) is 0 Å². The standard InChI is InChI=1S/C11H17FN2O2/c1-2-11(6-15,7-16)14-10-4-3-8(12)5-9(10)13/h3-5,14-16H,2,6-7,13H2,1H3. The summed E-state index contributed by atoms with van der Waals surface area (Å²) in [5.74, 6) is -0.418. The molecule has 4 nitrogen and oxygen atoms in total. The number of aliphatic hydroxyl groups excluding tert-OH is 2. The minimum Gasteiger partial charge on any atom is -0.397 e. The van der Waals surface area contributed by atoms with Crippen LogP contribution in [0.1, 0.15) is 13.3 Å². The van der Waals surface area contributed by atoms with Crippen LogP contribution >= 0.6 is 0 Å². The molecule has 0 spiro atoms. The van der Waals surface area contributed by atoms with E-state index in [0.717, 1.165) is 0 Å². The predicted molar refractivity (Wildman–Crippen MR) is 61.6 cm³/mol. The van der Waals surface area contributed by atoms with Crippen molar-refractivity contribution in [2.45, 2.75) is 18.9 Å². The van der Waals surface area contributed by atoms with Crippen LogP contribution in [0.4, 0.5) is 15.8 Å². The van der Waals surface area contributed by atoms with Gasteiger partial charge in [-0.3, -0.25) is 0 Å². The Balaban J connectivity index is 2.93. The van der Waals surface area contributed by atoms with Crippen molar-refractivity contribution in [3.05, 3.63) is 24.0 Å². The first kappa shape index (κ1) is 12.7. The Morgan fingerprint density at radius 3 is 2.44 bits per heavy atom. The van der Waals surface area contributed by atoms with Crippen molar-refractivity contribution in [3.8, 4) is 0 Å². The Kier molecular flexibility index (Phi) is 4.09. The predicted octanol–water partition coefficient (Wildman–Crippen LogP) is 0.953. The topological polar surface area (TPSA) is 78.5 Å². The summed E-state index contributed by atoms with van der Waals surface area (Å²) in [5, 5.41) is 21.4. The lowest BCUT2D eigenvalue weighted by Gasteiger charge is -2.31. The third-order valence-corrected chi connectivity index (χ3v) is 2.70. The second kappa shape index (κ2) is 5.14. The lowest BCUT2D eigenvalue weighted by atomic mass is 9.98. The fraction of sp³-hybridized carbons (Fsp3) is 0.455. The number of halogens is 1. The summed E-state index contributed by atoms with van der Waals surface area (Å²) in [7, 11) is 0. The highest BCUT2D eigenvalue weighted by Crippen LogP contribution is 2.24. The van der Waals surface area contributed by atoms with Crippen LogP contribution in [0, 0.1) is 5.82 Å². The summed E-state index contributed by atoms with van der Waals surface area (Å²) in [5.41, 5.74) is 5.56. The van der Waals surface area contributed by atoms with Gasteiger partial charge in [-0.2, -0.15) is 0 Å². The second-order valence-electron chi connectivity index (χ2n) is 3.81. The Morgan fingerprint density at radius 2 is 2.00 bits per heavy atom. The average Bonchev–Trinajstić information content (AvgIpc) is 2.29. The SMILES string of the molecule is CCC(CO)(CO)Nc1ccc(F)cc1N. The van der Waals surface area contributed by atoms with E-state index in [1.165, 1.54) is 18.2 Å². The van der Waals surface area contributed by atoms with Gasteiger partial charge >= 0.3 is 0 Å². The molecule has 90 valence electrons. The van der Waals surface area contributed by atoms with E-state index in [2.05, 4.69) is 5.32 Å². The molecule has 0 saturated carbocycles. The van der Waals surface area contributed by atoms with E-state index >= 15 is 0 Å². The van der Waals surface area contributed by atoms with Gasteiger partial charge in [0.1, 0.15) is 5.82 Å². The van der Waals surface area contributed by atoms with E-state index in [-0.39, 0.29) is 18.9 Å². The van der Waals surface area contributed by atoms with Gasteiger partial charge < -0.3 is 21.3 Å². The molecule has 0 radical (unpaired) electrons. The fourth-order valence-corrected chi connectivity index (χ4v) is 1.37. The van der Waals surface area contributed by atoms with Crippen LogP contribution in [0.15, 0.2) is 18.2 Å². The van der Waals surface area contributed by atoms with E-state index in [4.69, 9.17) is 5.73 Å². The van der Waals surface area contributed by atoms with Crippen LogP contribution in [0.2, 0.25) is 0 Å². The van der Waals surface area contributed by atoms with Gasteiger partial charge in [0, 0.05) is 0 Å². The zero-order valence-corrected chi connectivity index (χ0v) is 9.20. The number of aliphatic hydroxyl groups is 2. The molecule has 0 atom stereocenters. The van der Waals surface area contributed by atoms with E-state index < -0.39 is 11.4 Å². The maximum atomic E-state index is 12.8. The molecule has 1 rings (SSSR count). The molecular weight excluding hydrogens is 211 g/mol. The summed E-state index contributed by atoms with van der Waals surface area (Å²) in [6, 6.07) is 3.95. The number of nitrogens with two attached hydrogens (primary N) is 1. The third kappa shape index (κ3) is 2.62. The van der Waals surface area contributed by atoms with Gasteiger partial charge in [0.05, 0.1) is 30.1 Å². The Labute approximate surface area is 93.9 Å². The Morgan fingerprint density at radius 1 is 1.38 bits per heavy atom. The number of nitrogens with one attached hydrogen (secondary N) is 1. The molecular formula is C11H17FN2O2. The minimum atomic E-state index is -0.827. The molecule has 1 aromatic carbocycles. The number of benzene rings is 1. The highest BCUT2D eigenvalue weighted by Gasteiger charge is 2.26. The Hall–Kier alpha value is -1.33. The molecule has 0 fully saturated rings. The van der Waals surface area contributed by atoms with Crippen LogP contribution in [-0.4, -0.2) is 29.0 Å². The lowest BCUT2D eigenvalue weighted by Crippen LogP contribution is -2.45. The molecule has 5 N–H and O–H groups in total. The van der Waals surface area contributed by atoms with Gasteiger partial charge in [0.15, 0.2) is 0 Å². The van der Waals surface area contributed by atoms with Crippen molar-refractivity contribution in [1.82, 2.24) is 0 Å². The zero-order valence-electron chi connectivity index (χ0n) is 9.20. The largest absolute Gasteiger partial charge is 0.397 e. The van der Waals surface area contributed by atoms with Crippen molar-refractivity contribution in [2.24, 2.45) is 0 Å². The Bertz CT molecular complexity index is 346. The van der Waals surface area contributed by atoms with Gasteiger partial charge in [-0.25, -0.2) is 4.39 Å². The number of rotatable bonds is 5. The van der Waals surface area contributed by atoms with E-state index in [1.807, 2.05) is 6.92 Å². The summed E-state index contributed by atoms with van der Waals surface area (Å²) >= 11 is 0. The van der Waals surface area contributed by atoms with Crippen molar-refractivity contribution in [1.29, 1.82) is 0 Å². The first-order chi connectivity index (χ1) is 7.56. The number of hydrogen-bond acceptors (Lipinski definition) is 4. The van der Waals surface area contributed by atoms with Crippen molar-refractivity contribution in [3.63, 3.8) is 0 Å². The maximum Gasteiger partial charge on any atom is 0.125 e. The molecule has 1 aromatic rings. The molecule has 0 aliphatic rings. The number of hydrogen-bond donors (Lipinski definition) is 4. The fourth-order valence-electron chi connectivity index (χ4n) is 1.37. The molecule has 0 aliphatic heterocycles. The summed E-state index contributed by atoms with van der Waals surface area (Å²) in [4.78, 5) is 0. The van der Waals surface area contributed by atoms with Crippen LogP contribution in [0.5, 0.6) is 0 Å². The normalized spacial score (nSPS) is 11.5. The van der Waals surface area contributed by atoms with Gasteiger partial charge in [-0.05, 0) is 24.6 Å². The van der Waals surface area contributed by atoms with Gasteiger partial charge in [0.25, 0.3) is 0 Å². The maximum absolute atomic E-state index is 12.8. The second-order valence-corrected chi connectivity index (χ2v) is 3.81. The molecule has 16 heavy (non-hydrogen) atoms. The van der Waals surface area contributed by atoms with E-state index in [1.54, 1.807) is 0 Å². The summed E-state index contributed by atoms with van der Waals surface area (Å²) < 4.78 is 12.8. The molecule has 5 heteroatoms. The smallest absolute Gasteiger partial charge is 0.125 e. The quantitative estimate of drug-likeness (QED) is 0.566. The van der Waals surface area contributed by atoms with Gasteiger partial charge in [-0.1, -0.05) is 6.92 Å². The van der Waals surface area contributed by atoms with Gasteiger partial charge in [0.2, 0.25) is 0 Å². The van der Waals surface area contributed by atoms with Crippen LogP contribution in [-0.2, 0) is 0 Å². The highest BCUT2D eigenvalue weighted by molar-refractivity contribution is 5.66. The number of anilines is 2. The first-order valence-electron chi connectivity index (χ1n) is 5.12. The number of nitrogen functional groups attached to an aromatic ring is 1. The first-order valence-corrected chi connectivity index (χ1v) is 5.12. The van der Waals surface area contributed by atoms with Crippen LogP contribution < -0.4 is 11.1 Å². The molecule has 0 saturated heterocycles. The third-order valence-electron chi connectivity index (χ3n) is 2.70. The van der Waals surface area contributed by atoms with Gasteiger partial charge in [-0.15, -0.1) is 0 Å². The van der Waals surface area contributed by atoms with E-state index in [9.17, 15) is 14.6 Å². The molecule has 0 aliphatic carbocycles. The summed E-state index contributed by atoms with van der Waals surface area (Å²) in [6.45, 7) is 1.38. The van der Waals surface area contributed by atoms with Crippen molar-refractivity contribution >= 4 is 11.4 Å². The molecule has 0 unspecified atom stereocenters. The monoisotopic (exact) mass is 228 g/mol. The zero-order chi connectivity index (χ0) is 12.2.